The predicted octanol–water partition coefficient (Wildman–Crippen LogP) is 3.11. The quantitative estimate of drug-likeness (QED) is 0.674. The van der Waals surface area contributed by atoms with Gasteiger partial charge in [0.2, 0.25) is 5.89 Å². The standard InChI is InChI=1S/C14H14N4OS/c1-2-12-16-13(19-17-12)10-20-14-15-8-9-18(14)11-6-4-3-5-7-11/h3-9H,2,10H2,1H3. The molecule has 0 N–H and O–H groups in total. The lowest BCUT2D eigenvalue weighted by Gasteiger charge is -2.05. The Kier molecular flexibility index (Phi) is 3.83. The molecule has 0 radical (unpaired) electrons. The maximum atomic E-state index is 5.18. The average molecular weight is 286 g/mol. The van der Waals surface area contributed by atoms with Crippen LogP contribution in [0.25, 0.3) is 5.69 Å². The van der Waals surface area contributed by atoms with Gasteiger partial charge in [-0.25, -0.2) is 4.98 Å². The smallest absolute Gasteiger partial charge is 0.237 e. The molecule has 0 fully saturated rings. The maximum Gasteiger partial charge on any atom is 0.237 e. The van der Waals surface area contributed by atoms with Crippen molar-refractivity contribution >= 4 is 11.8 Å². The zero-order chi connectivity index (χ0) is 13.8. The molecule has 102 valence electrons. The number of nitrogens with zero attached hydrogens (tertiary/aromatic N) is 4. The molecule has 0 unspecified atom stereocenters. The Morgan fingerprint density at radius 1 is 1.25 bits per heavy atom. The molecular formula is C14H14N4OS. The SMILES string of the molecule is CCc1noc(CSc2nccn2-c2ccccc2)n1. The zero-order valence-electron chi connectivity index (χ0n) is 11.1. The highest BCUT2D eigenvalue weighted by atomic mass is 32.2. The van der Waals surface area contributed by atoms with Crippen LogP contribution in [0.4, 0.5) is 0 Å². The van der Waals surface area contributed by atoms with Crippen LogP contribution in [0, 0.1) is 0 Å². The first-order chi connectivity index (χ1) is 9.86. The lowest BCUT2D eigenvalue weighted by atomic mass is 10.3. The second kappa shape index (κ2) is 5.92. The number of hydrogen-bond acceptors (Lipinski definition) is 5. The highest BCUT2D eigenvalue weighted by Gasteiger charge is 2.09. The number of aromatic nitrogens is 4. The third-order valence-electron chi connectivity index (χ3n) is 2.79. The van der Waals surface area contributed by atoms with Gasteiger partial charge in [-0.3, -0.25) is 4.57 Å². The highest BCUT2D eigenvalue weighted by Crippen LogP contribution is 2.23. The van der Waals surface area contributed by atoms with E-state index in [1.54, 1.807) is 18.0 Å². The molecule has 0 aliphatic rings. The molecular weight excluding hydrogens is 272 g/mol. The van der Waals surface area contributed by atoms with Crippen molar-refractivity contribution in [2.45, 2.75) is 24.3 Å². The molecule has 2 aromatic heterocycles. The van der Waals surface area contributed by atoms with Crippen molar-refractivity contribution in [2.75, 3.05) is 0 Å². The van der Waals surface area contributed by atoms with Gasteiger partial charge in [0.25, 0.3) is 0 Å². The third-order valence-corrected chi connectivity index (χ3v) is 3.74. The van der Waals surface area contributed by atoms with Gasteiger partial charge >= 0.3 is 0 Å². The molecule has 0 atom stereocenters. The van der Waals surface area contributed by atoms with E-state index in [2.05, 4.69) is 15.1 Å². The topological polar surface area (TPSA) is 56.7 Å². The van der Waals surface area contributed by atoms with E-state index < -0.39 is 0 Å². The van der Waals surface area contributed by atoms with Crippen LogP contribution >= 0.6 is 11.8 Å². The van der Waals surface area contributed by atoms with E-state index in [0.29, 0.717) is 11.6 Å². The van der Waals surface area contributed by atoms with Crippen molar-refractivity contribution in [3.8, 4) is 5.69 Å². The van der Waals surface area contributed by atoms with Gasteiger partial charge < -0.3 is 4.52 Å². The summed E-state index contributed by atoms with van der Waals surface area (Å²) in [5, 5.41) is 4.80. The van der Waals surface area contributed by atoms with E-state index in [1.165, 1.54) is 0 Å². The van der Waals surface area contributed by atoms with Crippen LogP contribution in [-0.2, 0) is 12.2 Å². The van der Waals surface area contributed by atoms with Gasteiger partial charge in [0.05, 0.1) is 5.75 Å². The van der Waals surface area contributed by atoms with Gasteiger partial charge in [0.15, 0.2) is 11.0 Å². The van der Waals surface area contributed by atoms with Crippen molar-refractivity contribution in [3.63, 3.8) is 0 Å². The number of rotatable bonds is 5. The fraction of sp³-hybridized carbons (Fsp3) is 0.214. The number of imidazole rings is 1. The van der Waals surface area contributed by atoms with Crippen molar-refractivity contribution in [2.24, 2.45) is 0 Å². The lowest BCUT2D eigenvalue weighted by Crippen LogP contribution is -1.95. The number of para-hydroxylation sites is 1. The molecule has 3 aromatic rings. The summed E-state index contributed by atoms with van der Waals surface area (Å²) in [4.78, 5) is 8.67. The normalized spacial score (nSPS) is 10.8. The minimum atomic E-state index is 0.622. The van der Waals surface area contributed by atoms with Gasteiger partial charge in [-0.05, 0) is 12.1 Å². The van der Waals surface area contributed by atoms with Gasteiger partial charge in [-0.2, -0.15) is 4.98 Å². The molecule has 0 saturated heterocycles. The molecule has 0 saturated carbocycles. The van der Waals surface area contributed by atoms with Crippen molar-refractivity contribution in [1.29, 1.82) is 0 Å². The first kappa shape index (κ1) is 12.9. The van der Waals surface area contributed by atoms with E-state index in [9.17, 15) is 0 Å². The van der Waals surface area contributed by atoms with Crippen LogP contribution in [0.5, 0.6) is 0 Å². The zero-order valence-corrected chi connectivity index (χ0v) is 11.9. The van der Waals surface area contributed by atoms with E-state index in [4.69, 9.17) is 4.52 Å². The molecule has 2 heterocycles. The summed E-state index contributed by atoms with van der Waals surface area (Å²) in [6, 6.07) is 10.1. The molecule has 0 aliphatic heterocycles. The Balaban J connectivity index is 1.74. The second-order valence-corrected chi connectivity index (χ2v) is 5.10. The van der Waals surface area contributed by atoms with Crippen LogP contribution in [-0.4, -0.2) is 19.7 Å². The summed E-state index contributed by atoms with van der Waals surface area (Å²) < 4.78 is 7.22. The third kappa shape index (κ3) is 2.75. The Bertz CT molecular complexity index is 677. The summed E-state index contributed by atoms with van der Waals surface area (Å²) in [7, 11) is 0. The summed E-state index contributed by atoms with van der Waals surface area (Å²) in [6.07, 6.45) is 4.52. The molecule has 1 aromatic carbocycles. The van der Waals surface area contributed by atoms with Gasteiger partial charge in [-0.1, -0.05) is 42.0 Å². The Labute approximate surface area is 121 Å². The average Bonchev–Trinajstić information content (AvgIpc) is 3.15. The highest BCUT2D eigenvalue weighted by molar-refractivity contribution is 7.98. The number of aryl methyl sites for hydroxylation is 1. The second-order valence-electron chi connectivity index (χ2n) is 4.16. The molecule has 5 nitrogen and oxygen atoms in total. The summed E-state index contributed by atoms with van der Waals surface area (Å²) in [6.45, 7) is 2.00. The summed E-state index contributed by atoms with van der Waals surface area (Å²) in [5.74, 6) is 2.00. The Morgan fingerprint density at radius 3 is 2.85 bits per heavy atom. The molecule has 0 spiro atoms. The van der Waals surface area contributed by atoms with Crippen LogP contribution in [0.1, 0.15) is 18.6 Å². The first-order valence-electron chi connectivity index (χ1n) is 6.40. The van der Waals surface area contributed by atoms with Crippen molar-refractivity contribution in [3.05, 3.63) is 54.4 Å². The van der Waals surface area contributed by atoms with E-state index >= 15 is 0 Å². The van der Waals surface area contributed by atoms with Crippen LogP contribution in [0.15, 0.2) is 52.4 Å². The van der Waals surface area contributed by atoms with Gasteiger partial charge in [0, 0.05) is 24.5 Å². The molecule has 20 heavy (non-hydrogen) atoms. The van der Waals surface area contributed by atoms with E-state index in [0.717, 1.165) is 23.1 Å². The monoisotopic (exact) mass is 286 g/mol. The Morgan fingerprint density at radius 2 is 2.10 bits per heavy atom. The molecule has 0 bridgehead atoms. The minimum Gasteiger partial charge on any atom is -0.338 e. The fourth-order valence-corrected chi connectivity index (χ4v) is 2.61. The minimum absolute atomic E-state index is 0.622. The molecule has 3 rings (SSSR count). The van der Waals surface area contributed by atoms with E-state index in [1.807, 2.05) is 48.0 Å². The van der Waals surface area contributed by atoms with Gasteiger partial charge in [-0.15, -0.1) is 0 Å². The van der Waals surface area contributed by atoms with Crippen LogP contribution in [0.2, 0.25) is 0 Å². The number of benzene rings is 1. The molecule has 6 heteroatoms. The lowest BCUT2D eigenvalue weighted by molar-refractivity contribution is 0.385. The van der Waals surface area contributed by atoms with Crippen molar-refractivity contribution < 1.29 is 4.52 Å². The maximum absolute atomic E-state index is 5.18. The summed E-state index contributed by atoms with van der Waals surface area (Å²) >= 11 is 1.58. The van der Waals surface area contributed by atoms with Crippen LogP contribution in [0.3, 0.4) is 0 Å². The summed E-state index contributed by atoms with van der Waals surface area (Å²) in [5.41, 5.74) is 1.09. The molecule has 0 aliphatic carbocycles. The van der Waals surface area contributed by atoms with Gasteiger partial charge in [0.1, 0.15) is 0 Å². The van der Waals surface area contributed by atoms with Crippen molar-refractivity contribution in [1.82, 2.24) is 19.7 Å². The Hall–Kier alpha value is -2.08. The predicted molar refractivity (Wildman–Crippen MR) is 76.8 cm³/mol. The van der Waals surface area contributed by atoms with E-state index in [-0.39, 0.29) is 0 Å². The number of thioether (sulfide) groups is 1. The van der Waals surface area contributed by atoms with Crippen LogP contribution < -0.4 is 0 Å². The fourth-order valence-electron chi connectivity index (χ4n) is 1.80. The largest absolute Gasteiger partial charge is 0.338 e. The first-order valence-corrected chi connectivity index (χ1v) is 7.38. The number of hydrogen-bond donors (Lipinski definition) is 0. The molecule has 0 amide bonds.